The summed E-state index contributed by atoms with van der Waals surface area (Å²) in [6.45, 7) is 4.95. The van der Waals surface area contributed by atoms with Gasteiger partial charge in [-0.25, -0.2) is 0 Å². The molecular formula is C20H21N3O+2. The standard InChI is InChI=1S/C20H20N3O/c1-13-6-5-7-14(2)19(13)23-12-22-18(21-23)11-24-17-10-15-8-3-4-9-16(15)20(17)22/h3-9,12,17,20H,10-11H2,1-2H3/q+1/p+1/t17-,20?/m0/s1. The summed E-state index contributed by atoms with van der Waals surface area (Å²) in [5, 5.41) is 3.53. The Hall–Kier alpha value is -2.46. The van der Waals surface area contributed by atoms with E-state index in [0.29, 0.717) is 6.61 Å². The average Bonchev–Trinajstić information content (AvgIpc) is 3.14. The van der Waals surface area contributed by atoms with Crippen molar-refractivity contribution < 1.29 is 14.0 Å². The maximum Gasteiger partial charge on any atom is 0.438 e. The Morgan fingerprint density at radius 2 is 1.83 bits per heavy atom. The van der Waals surface area contributed by atoms with Gasteiger partial charge >= 0.3 is 12.2 Å². The topological polar surface area (TPSA) is 32.8 Å². The van der Waals surface area contributed by atoms with Gasteiger partial charge in [0.2, 0.25) is 11.7 Å². The summed E-state index contributed by atoms with van der Waals surface area (Å²) in [6, 6.07) is 15.4. The van der Waals surface area contributed by atoms with Gasteiger partial charge in [0.05, 0.1) is 0 Å². The van der Waals surface area contributed by atoms with Gasteiger partial charge in [-0.3, -0.25) is 0 Å². The number of benzene rings is 2. The zero-order valence-corrected chi connectivity index (χ0v) is 14.0. The molecule has 24 heavy (non-hydrogen) atoms. The first-order valence-corrected chi connectivity index (χ1v) is 8.53. The molecule has 4 heteroatoms. The molecule has 120 valence electrons. The Morgan fingerprint density at radius 1 is 1.04 bits per heavy atom. The number of hydrogen-bond acceptors (Lipinski definition) is 1. The lowest BCUT2D eigenvalue weighted by atomic mass is 10.1. The highest BCUT2D eigenvalue weighted by Crippen LogP contribution is 2.35. The van der Waals surface area contributed by atoms with Gasteiger partial charge in [-0.15, -0.1) is 4.57 Å². The molecule has 3 aromatic rings. The normalized spacial score (nSPS) is 21.2. The second-order valence-electron chi connectivity index (χ2n) is 6.89. The highest BCUT2D eigenvalue weighted by Gasteiger charge is 2.48. The average molecular weight is 319 g/mol. The molecule has 0 fully saturated rings. The third-order valence-corrected chi connectivity index (χ3v) is 5.36. The molecule has 0 saturated carbocycles. The van der Waals surface area contributed by atoms with Crippen molar-refractivity contribution in [2.45, 2.75) is 39.0 Å². The first kappa shape index (κ1) is 13.9. The molecule has 5 rings (SSSR count). The van der Waals surface area contributed by atoms with Crippen LogP contribution in [-0.2, 0) is 17.8 Å². The lowest BCUT2D eigenvalue weighted by Crippen LogP contribution is -2.51. The van der Waals surface area contributed by atoms with E-state index in [1.807, 2.05) is 0 Å². The van der Waals surface area contributed by atoms with Crippen LogP contribution in [0.5, 0.6) is 0 Å². The van der Waals surface area contributed by atoms with Crippen LogP contribution in [0.25, 0.3) is 5.69 Å². The van der Waals surface area contributed by atoms with Gasteiger partial charge in [-0.1, -0.05) is 47.6 Å². The summed E-state index contributed by atoms with van der Waals surface area (Å²) < 4.78 is 10.7. The highest BCUT2D eigenvalue weighted by atomic mass is 16.5. The van der Waals surface area contributed by atoms with Crippen LogP contribution in [0.4, 0.5) is 0 Å². The van der Waals surface area contributed by atoms with Crippen molar-refractivity contribution in [1.29, 1.82) is 0 Å². The lowest BCUT2D eigenvalue weighted by molar-refractivity contribution is -0.791. The summed E-state index contributed by atoms with van der Waals surface area (Å²) >= 11 is 0. The van der Waals surface area contributed by atoms with Crippen molar-refractivity contribution in [2.24, 2.45) is 0 Å². The summed E-state index contributed by atoms with van der Waals surface area (Å²) in [5.74, 6) is 1.12. The van der Waals surface area contributed by atoms with Crippen molar-refractivity contribution in [1.82, 2.24) is 5.10 Å². The smallest absolute Gasteiger partial charge is 0.357 e. The molecule has 4 nitrogen and oxygen atoms in total. The number of H-pyrrole nitrogens is 1. The van der Waals surface area contributed by atoms with E-state index in [1.165, 1.54) is 27.9 Å². The molecule has 2 aromatic carbocycles. The molecule has 2 heterocycles. The third-order valence-electron chi connectivity index (χ3n) is 5.36. The van der Waals surface area contributed by atoms with E-state index >= 15 is 0 Å². The number of hydrogen-bond donors (Lipinski definition) is 1. The second kappa shape index (κ2) is 5.02. The molecule has 1 aliphatic heterocycles. The predicted molar refractivity (Wildman–Crippen MR) is 88.9 cm³/mol. The maximum atomic E-state index is 6.16. The number of nitrogens with one attached hydrogen (secondary N) is 1. The van der Waals surface area contributed by atoms with Gasteiger partial charge in [-0.2, -0.15) is 0 Å². The summed E-state index contributed by atoms with van der Waals surface area (Å²) in [7, 11) is 0. The van der Waals surface area contributed by atoms with Crippen molar-refractivity contribution in [3.8, 4) is 5.69 Å². The number of fused-ring (bicyclic) bond motifs is 5. The minimum atomic E-state index is 0.238. The fraction of sp³-hybridized carbons (Fsp3) is 0.300. The fourth-order valence-electron chi connectivity index (χ4n) is 4.27. The van der Waals surface area contributed by atoms with E-state index in [2.05, 4.69) is 77.0 Å². The molecule has 2 aliphatic rings. The number of aromatic nitrogens is 3. The van der Waals surface area contributed by atoms with Gasteiger partial charge in [0, 0.05) is 23.1 Å². The van der Waals surface area contributed by atoms with Crippen molar-refractivity contribution in [3.05, 3.63) is 76.9 Å². The molecule has 1 N–H and O–H groups in total. The Bertz CT molecular complexity index is 924. The summed E-state index contributed by atoms with van der Waals surface area (Å²) in [5.41, 5.74) is 6.56. The minimum absolute atomic E-state index is 0.238. The van der Waals surface area contributed by atoms with Crippen LogP contribution >= 0.6 is 0 Å². The fourth-order valence-corrected chi connectivity index (χ4v) is 4.27. The molecule has 1 unspecified atom stereocenters. The van der Waals surface area contributed by atoms with Crippen molar-refractivity contribution >= 4 is 0 Å². The third kappa shape index (κ3) is 1.89. The van der Waals surface area contributed by atoms with Gasteiger partial charge in [0.15, 0.2) is 6.61 Å². The molecule has 1 aromatic heterocycles. The van der Waals surface area contributed by atoms with Gasteiger partial charge in [0.1, 0.15) is 6.10 Å². The molecule has 0 saturated heterocycles. The van der Waals surface area contributed by atoms with Crippen LogP contribution < -0.4 is 9.25 Å². The predicted octanol–water partition coefficient (Wildman–Crippen LogP) is 2.24. The van der Waals surface area contributed by atoms with Crippen LogP contribution in [0.1, 0.15) is 34.1 Å². The SMILES string of the molecule is Cc1cccc(C)c1-[n+]1c[n+]2c([nH]1)CO[C@H]1Cc3ccccc3C12. The Labute approximate surface area is 141 Å². The van der Waals surface area contributed by atoms with Crippen LogP contribution in [0, 0.1) is 13.8 Å². The Balaban J connectivity index is 1.66. The first-order valence-electron chi connectivity index (χ1n) is 8.53. The first-order chi connectivity index (χ1) is 11.7. The Kier molecular flexibility index (Phi) is 2.91. The van der Waals surface area contributed by atoms with E-state index in [9.17, 15) is 0 Å². The van der Waals surface area contributed by atoms with Crippen molar-refractivity contribution in [2.75, 3.05) is 0 Å². The Morgan fingerprint density at radius 3 is 2.67 bits per heavy atom. The molecule has 1 aliphatic carbocycles. The molecule has 2 atom stereocenters. The lowest BCUT2D eigenvalue weighted by Gasteiger charge is -2.18. The largest absolute Gasteiger partial charge is 0.438 e. The molecule has 0 bridgehead atoms. The number of nitrogens with zero attached hydrogens (tertiary/aromatic N) is 2. The zero-order chi connectivity index (χ0) is 16.3. The molecule has 0 spiro atoms. The maximum absolute atomic E-state index is 6.16. The summed E-state index contributed by atoms with van der Waals surface area (Å²) in [6.07, 6.45) is 3.44. The van der Waals surface area contributed by atoms with Crippen LogP contribution in [0.2, 0.25) is 0 Å². The summed E-state index contributed by atoms with van der Waals surface area (Å²) in [4.78, 5) is 0. The molecular weight excluding hydrogens is 298 g/mol. The van der Waals surface area contributed by atoms with Gasteiger partial charge < -0.3 is 4.74 Å². The van der Waals surface area contributed by atoms with Gasteiger partial charge in [-0.05, 0) is 24.1 Å². The second-order valence-corrected chi connectivity index (χ2v) is 6.89. The number of rotatable bonds is 1. The van der Waals surface area contributed by atoms with Crippen LogP contribution in [0.3, 0.4) is 0 Å². The monoisotopic (exact) mass is 319 g/mol. The number of para-hydroxylation sites is 1. The number of ether oxygens (including phenoxy) is 1. The van der Waals surface area contributed by atoms with E-state index in [4.69, 9.17) is 4.74 Å². The zero-order valence-electron chi connectivity index (χ0n) is 14.0. The van der Waals surface area contributed by atoms with E-state index < -0.39 is 0 Å². The van der Waals surface area contributed by atoms with E-state index in [-0.39, 0.29) is 12.1 Å². The van der Waals surface area contributed by atoms with Gasteiger partial charge in [0.25, 0.3) is 0 Å². The van der Waals surface area contributed by atoms with Crippen LogP contribution in [0.15, 0.2) is 48.8 Å². The van der Waals surface area contributed by atoms with Crippen LogP contribution in [-0.4, -0.2) is 11.2 Å². The molecule has 0 amide bonds. The quantitative estimate of drug-likeness (QED) is 0.686. The van der Waals surface area contributed by atoms with Crippen molar-refractivity contribution in [3.63, 3.8) is 0 Å². The minimum Gasteiger partial charge on any atom is -0.357 e. The number of aromatic amines is 1. The highest BCUT2D eigenvalue weighted by molar-refractivity contribution is 5.39. The number of aryl methyl sites for hydroxylation is 2. The van der Waals surface area contributed by atoms with E-state index in [1.54, 1.807) is 0 Å². The molecule has 0 radical (unpaired) electrons. The van der Waals surface area contributed by atoms with E-state index in [0.717, 1.165) is 12.2 Å².